The van der Waals surface area contributed by atoms with Crippen LogP contribution >= 0.6 is 12.4 Å². The van der Waals surface area contributed by atoms with Crippen LogP contribution in [-0.4, -0.2) is 48.7 Å². The van der Waals surface area contributed by atoms with Crippen LogP contribution in [0.25, 0.3) is 0 Å². The van der Waals surface area contributed by atoms with E-state index in [0.717, 1.165) is 38.7 Å². The van der Waals surface area contributed by atoms with Gasteiger partial charge in [0.15, 0.2) is 0 Å². The molecule has 3 fully saturated rings. The van der Waals surface area contributed by atoms with E-state index in [4.69, 9.17) is 4.74 Å². The molecule has 2 bridgehead atoms. The quantitative estimate of drug-likeness (QED) is 0.865. The number of halogens is 1. The van der Waals surface area contributed by atoms with E-state index in [9.17, 15) is 4.79 Å². The summed E-state index contributed by atoms with van der Waals surface area (Å²) in [6.45, 7) is 0.881. The standard InChI is InChI=1S/C15H26N2O2.ClH/c1-17(13-9-11-4-5-12(10-13)16-11)15(18)7-6-14-3-2-8-19-14;/h11-14,16H,2-10H2,1H3;1H. The largest absolute Gasteiger partial charge is 0.378 e. The smallest absolute Gasteiger partial charge is 0.222 e. The lowest BCUT2D eigenvalue weighted by molar-refractivity contribution is -0.133. The Morgan fingerprint density at radius 3 is 2.55 bits per heavy atom. The Kier molecular flexibility index (Phi) is 5.70. The molecular formula is C15H27ClN2O2. The fraction of sp³-hybridized carbons (Fsp3) is 0.933. The fourth-order valence-electron chi connectivity index (χ4n) is 3.88. The molecule has 116 valence electrons. The van der Waals surface area contributed by atoms with Crippen LogP contribution in [0.4, 0.5) is 0 Å². The summed E-state index contributed by atoms with van der Waals surface area (Å²) in [5.41, 5.74) is 0. The minimum atomic E-state index is 0. The molecule has 1 N–H and O–H groups in total. The molecule has 20 heavy (non-hydrogen) atoms. The zero-order valence-electron chi connectivity index (χ0n) is 12.3. The molecule has 3 saturated heterocycles. The van der Waals surface area contributed by atoms with Crippen LogP contribution in [0.1, 0.15) is 51.4 Å². The lowest BCUT2D eigenvalue weighted by Gasteiger charge is -2.35. The highest BCUT2D eigenvalue weighted by Crippen LogP contribution is 2.29. The molecule has 3 heterocycles. The number of rotatable bonds is 4. The third-order valence-electron chi connectivity index (χ3n) is 5.09. The molecule has 0 aromatic heterocycles. The number of fused-ring (bicyclic) bond motifs is 2. The SMILES string of the molecule is CN(C(=O)CCC1CCCO1)C1CC2CCC(C1)N2.Cl. The van der Waals surface area contributed by atoms with Gasteiger partial charge in [0.25, 0.3) is 0 Å². The first-order valence-corrected chi connectivity index (χ1v) is 7.85. The minimum Gasteiger partial charge on any atom is -0.378 e. The van der Waals surface area contributed by atoms with E-state index in [2.05, 4.69) is 5.32 Å². The summed E-state index contributed by atoms with van der Waals surface area (Å²) in [5, 5.41) is 3.63. The van der Waals surface area contributed by atoms with Crippen molar-refractivity contribution >= 4 is 18.3 Å². The summed E-state index contributed by atoms with van der Waals surface area (Å²) in [6.07, 6.45) is 9.04. The second-order valence-electron chi connectivity index (χ2n) is 6.44. The second-order valence-corrected chi connectivity index (χ2v) is 6.44. The third kappa shape index (κ3) is 3.66. The van der Waals surface area contributed by atoms with Crippen molar-refractivity contribution in [2.75, 3.05) is 13.7 Å². The Balaban J connectivity index is 0.00000147. The van der Waals surface area contributed by atoms with Crippen molar-refractivity contribution in [3.8, 4) is 0 Å². The molecule has 0 saturated carbocycles. The predicted molar refractivity (Wildman–Crippen MR) is 81.2 cm³/mol. The number of nitrogens with zero attached hydrogens (tertiary/aromatic N) is 1. The normalized spacial score (nSPS) is 35.6. The number of hydrogen-bond acceptors (Lipinski definition) is 3. The Labute approximate surface area is 128 Å². The number of nitrogens with one attached hydrogen (secondary N) is 1. The number of carbonyl (C=O) groups excluding carboxylic acids is 1. The van der Waals surface area contributed by atoms with Crippen molar-refractivity contribution in [3.63, 3.8) is 0 Å². The van der Waals surface area contributed by atoms with E-state index in [1.165, 1.54) is 12.8 Å². The monoisotopic (exact) mass is 302 g/mol. The van der Waals surface area contributed by atoms with Gasteiger partial charge >= 0.3 is 0 Å². The van der Waals surface area contributed by atoms with Gasteiger partial charge in [-0.15, -0.1) is 12.4 Å². The van der Waals surface area contributed by atoms with Crippen LogP contribution in [-0.2, 0) is 9.53 Å². The van der Waals surface area contributed by atoms with Crippen LogP contribution in [0.3, 0.4) is 0 Å². The molecule has 0 radical (unpaired) electrons. The lowest BCUT2D eigenvalue weighted by Crippen LogP contribution is -2.48. The maximum atomic E-state index is 12.3. The Morgan fingerprint density at radius 2 is 1.95 bits per heavy atom. The number of carbonyl (C=O) groups is 1. The van der Waals surface area contributed by atoms with E-state index in [1.807, 2.05) is 11.9 Å². The van der Waals surface area contributed by atoms with E-state index in [-0.39, 0.29) is 12.4 Å². The lowest BCUT2D eigenvalue weighted by atomic mass is 9.98. The Bertz CT molecular complexity index is 322. The number of ether oxygens (including phenoxy) is 1. The van der Waals surface area contributed by atoms with Gasteiger partial charge in [0.2, 0.25) is 5.91 Å². The van der Waals surface area contributed by atoms with Crippen LogP contribution in [0, 0.1) is 0 Å². The zero-order chi connectivity index (χ0) is 13.2. The number of amides is 1. The molecule has 4 nitrogen and oxygen atoms in total. The first-order valence-electron chi connectivity index (χ1n) is 7.85. The van der Waals surface area contributed by atoms with Gasteiger partial charge in [-0.2, -0.15) is 0 Å². The predicted octanol–water partition coefficient (Wildman–Crippen LogP) is 2.11. The van der Waals surface area contributed by atoms with Gasteiger partial charge in [0, 0.05) is 38.2 Å². The van der Waals surface area contributed by atoms with Gasteiger partial charge in [-0.05, 0) is 44.9 Å². The Morgan fingerprint density at radius 1 is 1.25 bits per heavy atom. The topological polar surface area (TPSA) is 41.6 Å². The van der Waals surface area contributed by atoms with Gasteiger partial charge in [0.05, 0.1) is 6.10 Å². The maximum absolute atomic E-state index is 12.3. The Hall–Kier alpha value is -0.320. The molecule has 3 atom stereocenters. The van der Waals surface area contributed by atoms with Crippen molar-refractivity contribution in [1.82, 2.24) is 10.2 Å². The van der Waals surface area contributed by atoms with Crippen LogP contribution in [0.2, 0.25) is 0 Å². The fourth-order valence-corrected chi connectivity index (χ4v) is 3.88. The average Bonchev–Trinajstić information content (AvgIpc) is 3.05. The second kappa shape index (κ2) is 7.10. The molecule has 3 unspecified atom stereocenters. The molecule has 0 aromatic rings. The van der Waals surface area contributed by atoms with E-state index in [1.54, 1.807) is 0 Å². The molecule has 0 aromatic carbocycles. The first kappa shape index (κ1) is 16.1. The van der Waals surface area contributed by atoms with E-state index in [0.29, 0.717) is 36.6 Å². The summed E-state index contributed by atoms with van der Waals surface area (Å²) >= 11 is 0. The molecule has 3 aliphatic heterocycles. The summed E-state index contributed by atoms with van der Waals surface area (Å²) in [5.74, 6) is 0.307. The summed E-state index contributed by atoms with van der Waals surface area (Å²) in [7, 11) is 1.99. The molecular weight excluding hydrogens is 276 g/mol. The van der Waals surface area contributed by atoms with Crippen LogP contribution in [0.5, 0.6) is 0 Å². The van der Waals surface area contributed by atoms with E-state index >= 15 is 0 Å². The van der Waals surface area contributed by atoms with Gasteiger partial charge in [-0.3, -0.25) is 4.79 Å². The van der Waals surface area contributed by atoms with Crippen molar-refractivity contribution in [3.05, 3.63) is 0 Å². The molecule has 0 spiro atoms. The number of piperidine rings is 1. The van der Waals surface area contributed by atoms with Gasteiger partial charge in [-0.25, -0.2) is 0 Å². The van der Waals surface area contributed by atoms with Gasteiger partial charge in [0.1, 0.15) is 0 Å². The van der Waals surface area contributed by atoms with Gasteiger partial charge in [-0.1, -0.05) is 0 Å². The highest BCUT2D eigenvalue weighted by molar-refractivity contribution is 5.85. The molecule has 0 aliphatic carbocycles. The first-order chi connectivity index (χ1) is 9.22. The summed E-state index contributed by atoms with van der Waals surface area (Å²) < 4.78 is 5.59. The molecule has 3 aliphatic rings. The van der Waals surface area contributed by atoms with E-state index < -0.39 is 0 Å². The highest BCUT2D eigenvalue weighted by atomic mass is 35.5. The van der Waals surface area contributed by atoms with Crippen LogP contribution in [0.15, 0.2) is 0 Å². The molecule has 3 rings (SSSR count). The van der Waals surface area contributed by atoms with Gasteiger partial charge < -0.3 is 15.0 Å². The number of hydrogen-bond donors (Lipinski definition) is 1. The van der Waals surface area contributed by atoms with Crippen LogP contribution < -0.4 is 5.32 Å². The zero-order valence-corrected chi connectivity index (χ0v) is 13.2. The maximum Gasteiger partial charge on any atom is 0.222 e. The van der Waals surface area contributed by atoms with Crippen molar-refractivity contribution in [1.29, 1.82) is 0 Å². The summed E-state index contributed by atoms with van der Waals surface area (Å²) in [6, 6.07) is 1.75. The minimum absolute atomic E-state index is 0. The molecule has 1 amide bonds. The van der Waals surface area contributed by atoms with Crippen molar-refractivity contribution < 1.29 is 9.53 Å². The third-order valence-corrected chi connectivity index (χ3v) is 5.09. The van der Waals surface area contributed by atoms with Crippen molar-refractivity contribution in [2.45, 2.75) is 75.6 Å². The molecule has 5 heteroatoms. The average molecular weight is 303 g/mol. The highest BCUT2D eigenvalue weighted by Gasteiger charge is 2.36. The van der Waals surface area contributed by atoms with Crippen molar-refractivity contribution in [2.24, 2.45) is 0 Å². The summed E-state index contributed by atoms with van der Waals surface area (Å²) in [4.78, 5) is 14.3.